The second-order valence-electron chi connectivity index (χ2n) is 10.2. The molecule has 1 amide bonds. The molecule has 2 fully saturated rings. The summed E-state index contributed by atoms with van der Waals surface area (Å²) in [5, 5.41) is 8.35. The molecule has 2 saturated heterocycles. The van der Waals surface area contributed by atoms with Crippen molar-refractivity contribution in [3.63, 3.8) is 0 Å². The molecule has 3 aromatic rings. The van der Waals surface area contributed by atoms with Crippen LogP contribution in [0.3, 0.4) is 0 Å². The summed E-state index contributed by atoms with van der Waals surface area (Å²) in [5.74, 6) is 0.985. The van der Waals surface area contributed by atoms with Gasteiger partial charge in [-0.15, -0.1) is 0 Å². The molecule has 1 aromatic carbocycles. The first-order valence-corrected chi connectivity index (χ1v) is 12.2. The Labute approximate surface area is 200 Å². The average molecular weight is 463 g/mol. The molecule has 0 radical (unpaired) electrons. The number of hydrogen-bond acceptors (Lipinski definition) is 6. The van der Waals surface area contributed by atoms with Gasteiger partial charge in [-0.3, -0.25) is 9.89 Å². The number of H-pyrrole nitrogens is 1. The van der Waals surface area contributed by atoms with Crippen molar-refractivity contribution in [2.75, 3.05) is 46.4 Å². The summed E-state index contributed by atoms with van der Waals surface area (Å²) in [6.45, 7) is 8.63. The summed E-state index contributed by atoms with van der Waals surface area (Å²) in [7, 11) is 2.15. The van der Waals surface area contributed by atoms with Crippen molar-refractivity contribution < 1.29 is 9.53 Å². The highest BCUT2D eigenvalue weighted by Crippen LogP contribution is 2.33. The lowest BCUT2D eigenvalue weighted by atomic mass is 9.79. The number of aromatic amines is 1. The fourth-order valence-corrected chi connectivity index (χ4v) is 5.15. The predicted molar refractivity (Wildman–Crippen MR) is 131 cm³/mol. The average Bonchev–Trinajstić information content (AvgIpc) is 3.20. The van der Waals surface area contributed by atoms with Gasteiger partial charge >= 0.3 is 0 Å². The minimum Gasteiger partial charge on any atom is -0.379 e. The third-order valence-corrected chi connectivity index (χ3v) is 7.41. The van der Waals surface area contributed by atoms with Gasteiger partial charge in [0, 0.05) is 35.5 Å². The Balaban J connectivity index is 1.35. The third kappa shape index (κ3) is 4.70. The van der Waals surface area contributed by atoms with E-state index in [1.165, 1.54) is 5.56 Å². The number of aryl methyl sites for hydroxylation is 1. The van der Waals surface area contributed by atoms with Crippen LogP contribution in [0, 0.1) is 12.8 Å². The maximum absolute atomic E-state index is 13.6. The molecule has 1 N–H and O–H groups in total. The molecule has 8 heteroatoms. The summed E-state index contributed by atoms with van der Waals surface area (Å²) < 4.78 is 5.90. The molecule has 5 rings (SSSR count). The van der Waals surface area contributed by atoms with Gasteiger partial charge in [-0.2, -0.15) is 5.10 Å². The summed E-state index contributed by atoms with van der Waals surface area (Å²) in [5.41, 5.74) is 3.51. The SMILES string of the molecule is Cc1cc(C(=O)N2CCOCC(Cc3cccc4[nH]ncc34)C2)nc(C2(C)CCN(C)CC2)n1. The molecular weight excluding hydrogens is 428 g/mol. The lowest BCUT2D eigenvalue weighted by molar-refractivity contribution is 0.0730. The molecule has 2 aromatic heterocycles. The number of carbonyl (C=O) groups is 1. The van der Waals surface area contributed by atoms with Crippen molar-refractivity contribution >= 4 is 16.8 Å². The fourth-order valence-electron chi connectivity index (χ4n) is 5.15. The summed E-state index contributed by atoms with van der Waals surface area (Å²) in [6, 6.07) is 8.05. The van der Waals surface area contributed by atoms with E-state index in [1.54, 1.807) is 0 Å². The normalized spacial score (nSPS) is 21.5. The van der Waals surface area contributed by atoms with Crippen LogP contribution >= 0.6 is 0 Å². The van der Waals surface area contributed by atoms with Gasteiger partial charge in [0.1, 0.15) is 11.5 Å². The van der Waals surface area contributed by atoms with Crippen LogP contribution in [0.2, 0.25) is 0 Å². The number of carbonyl (C=O) groups excluding carboxylic acids is 1. The molecule has 0 bridgehead atoms. The van der Waals surface area contributed by atoms with Crippen molar-refractivity contribution in [1.29, 1.82) is 0 Å². The summed E-state index contributed by atoms with van der Waals surface area (Å²) in [4.78, 5) is 27.5. The Hall–Kier alpha value is -2.84. The Morgan fingerprint density at radius 1 is 1.24 bits per heavy atom. The first kappa shape index (κ1) is 22.9. The smallest absolute Gasteiger partial charge is 0.272 e. The number of aromatic nitrogens is 4. The highest BCUT2D eigenvalue weighted by atomic mass is 16.5. The summed E-state index contributed by atoms with van der Waals surface area (Å²) in [6.07, 6.45) is 4.71. The molecule has 8 nitrogen and oxygen atoms in total. The van der Waals surface area contributed by atoms with Crippen molar-refractivity contribution in [2.24, 2.45) is 5.92 Å². The minimum atomic E-state index is -0.0960. The van der Waals surface area contributed by atoms with E-state index in [-0.39, 0.29) is 17.2 Å². The number of likely N-dealkylation sites (tertiary alicyclic amines) is 1. The Bertz CT molecular complexity index is 1170. The van der Waals surface area contributed by atoms with Crippen molar-refractivity contribution in [3.05, 3.63) is 53.2 Å². The molecule has 180 valence electrons. The molecule has 1 unspecified atom stereocenters. The molecule has 4 heterocycles. The largest absolute Gasteiger partial charge is 0.379 e. The highest BCUT2D eigenvalue weighted by Gasteiger charge is 2.35. The first-order valence-electron chi connectivity index (χ1n) is 12.2. The fraction of sp³-hybridized carbons (Fsp3) is 0.538. The van der Waals surface area contributed by atoms with E-state index in [0.29, 0.717) is 32.0 Å². The van der Waals surface area contributed by atoms with Gasteiger partial charge in [0.2, 0.25) is 0 Å². The Morgan fingerprint density at radius 2 is 2.06 bits per heavy atom. The van der Waals surface area contributed by atoms with Gasteiger partial charge in [0.15, 0.2) is 0 Å². The molecule has 0 saturated carbocycles. The Kier molecular flexibility index (Phi) is 6.36. The zero-order chi connectivity index (χ0) is 23.7. The quantitative estimate of drug-likeness (QED) is 0.642. The van der Waals surface area contributed by atoms with Gasteiger partial charge in [0.25, 0.3) is 5.91 Å². The molecule has 0 aliphatic carbocycles. The van der Waals surface area contributed by atoms with Crippen LogP contribution in [-0.2, 0) is 16.6 Å². The van der Waals surface area contributed by atoms with Crippen LogP contribution in [0.4, 0.5) is 0 Å². The van der Waals surface area contributed by atoms with Gasteiger partial charge in [0.05, 0.1) is 24.9 Å². The second-order valence-corrected chi connectivity index (χ2v) is 10.2. The molecule has 2 aliphatic heterocycles. The molecule has 0 spiro atoms. The second kappa shape index (κ2) is 9.43. The third-order valence-electron chi connectivity index (χ3n) is 7.41. The lowest BCUT2D eigenvalue weighted by Gasteiger charge is -2.36. The van der Waals surface area contributed by atoms with Crippen LogP contribution < -0.4 is 0 Å². The van der Waals surface area contributed by atoms with Gasteiger partial charge in [-0.1, -0.05) is 19.1 Å². The molecular formula is C26H34N6O2. The number of piperidine rings is 1. The minimum absolute atomic E-state index is 0.0275. The zero-order valence-corrected chi connectivity index (χ0v) is 20.4. The lowest BCUT2D eigenvalue weighted by Crippen LogP contribution is -2.41. The number of fused-ring (bicyclic) bond motifs is 1. The number of rotatable bonds is 4. The van der Waals surface area contributed by atoms with E-state index >= 15 is 0 Å². The topological polar surface area (TPSA) is 87.2 Å². The van der Waals surface area contributed by atoms with Crippen LogP contribution in [0.5, 0.6) is 0 Å². The maximum Gasteiger partial charge on any atom is 0.272 e. The van der Waals surface area contributed by atoms with Crippen LogP contribution in [0.25, 0.3) is 10.9 Å². The number of nitrogens with zero attached hydrogens (tertiary/aromatic N) is 5. The van der Waals surface area contributed by atoms with Crippen molar-refractivity contribution in [2.45, 2.75) is 38.5 Å². The van der Waals surface area contributed by atoms with Crippen LogP contribution in [0.15, 0.2) is 30.5 Å². The molecule has 1 atom stereocenters. The van der Waals surface area contributed by atoms with E-state index in [2.05, 4.69) is 35.1 Å². The molecule has 34 heavy (non-hydrogen) atoms. The van der Waals surface area contributed by atoms with Crippen molar-refractivity contribution in [3.8, 4) is 0 Å². The van der Waals surface area contributed by atoms with Gasteiger partial charge in [-0.05, 0) is 64.0 Å². The molecule has 2 aliphatic rings. The Morgan fingerprint density at radius 3 is 2.88 bits per heavy atom. The van der Waals surface area contributed by atoms with Crippen molar-refractivity contribution in [1.82, 2.24) is 30.0 Å². The first-order chi connectivity index (χ1) is 16.4. The highest BCUT2D eigenvalue weighted by molar-refractivity contribution is 5.92. The number of nitrogens with one attached hydrogen (secondary N) is 1. The van der Waals surface area contributed by atoms with E-state index in [1.807, 2.05) is 36.2 Å². The number of benzene rings is 1. The van der Waals surface area contributed by atoms with E-state index in [9.17, 15) is 4.79 Å². The van der Waals surface area contributed by atoms with E-state index in [4.69, 9.17) is 14.7 Å². The monoisotopic (exact) mass is 462 g/mol. The number of hydrogen-bond donors (Lipinski definition) is 1. The standard InChI is InChI=1S/C26H34N6O2/c1-18-13-23(29-25(28-18)26(2)7-9-31(3)10-8-26)24(33)32-11-12-34-17-19(16-32)14-20-5-4-6-22-21(20)15-27-30-22/h4-6,13,15,19H,7-12,14,16-17H2,1-3H3,(H,27,30). The van der Waals surface area contributed by atoms with Gasteiger partial charge < -0.3 is 14.5 Å². The van der Waals surface area contributed by atoms with E-state index < -0.39 is 0 Å². The summed E-state index contributed by atoms with van der Waals surface area (Å²) >= 11 is 0. The van der Waals surface area contributed by atoms with E-state index in [0.717, 1.165) is 54.8 Å². The van der Waals surface area contributed by atoms with Gasteiger partial charge in [-0.25, -0.2) is 9.97 Å². The number of ether oxygens (including phenoxy) is 1. The maximum atomic E-state index is 13.6. The predicted octanol–water partition coefficient (Wildman–Crippen LogP) is 2.98. The van der Waals surface area contributed by atoms with Crippen LogP contribution in [0.1, 0.15) is 47.3 Å². The number of amides is 1. The zero-order valence-electron chi connectivity index (χ0n) is 20.4. The van der Waals surface area contributed by atoms with Crippen LogP contribution in [-0.4, -0.2) is 82.3 Å².